The summed E-state index contributed by atoms with van der Waals surface area (Å²) in [6.45, 7) is 2.38. The van der Waals surface area contributed by atoms with Gasteiger partial charge >= 0.3 is 0 Å². The molecular formula is C30H38N2O4. The molecule has 2 saturated carbocycles. The highest BCUT2D eigenvalue weighted by molar-refractivity contribution is 5.93. The fraction of sp³-hybridized carbons (Fsp3) is 0.633. The van der Waals surface area contributed by atoms with E-state index in [0.29, 0.717) is 19.3 Å². The normalized spacial score (nSPS) is 47.4. The van der Waals surface area contributed by atoms with Gasteiger partial charge in [0.05, 0.1) is 28.9 Å². The van der Waals surface area contributed by atoms with Crippen LogP contribution in [0.3, 0.4) is 0 Å². The fourth-order valence-corrected chi connectivity index (χ4v) is 9.37. The second-order valence-electron chi connectivity index (χ2n) is 12.8. The lowest BCUT2D eigenvalue weighted by molar-refractivity contribution is -0.331. The Hall–Kier alpha value is -1.83. The molecule has 5 aliphatic rings. The van der Waals surface area contributed by atoms with Crippen LogP contribution < -0.4 is 0 Å². The van der Waals surface area contributed by atoms with E-state index in [9.17, 15) is 15.3 Å². The van der Waals surface area contributed by atoms with Gasteiger partial charge in [0.1, 0.15) is 5.60 Å². The lowest BCUT2D eigenvalue weighted by atomic mass is 9.51. The summed E-state index contributed by atoms with van der Waals surface area (Å²) in [6.07, 6.45) is 7.77. The Kier molecular flexibility index (Phi) is 4.78. The second kappa shape index (κ2) is 7.39. The Bertz CT molecular complexity index is 1260. The van der Waals surface area contributed by atoms with Crippen LogP contribution in [0.4, 0.5) is 0 Å². The third-order valence-corrected chi connectivity index (χ3v) is 11.2. The van der Waals surface area contributed by atoms with Crippen molar-refractivity contribution in [2.75, 3.05) is 14.1 Å². The van der Waals surface area contributed by atoms with Gasteiger partial charge in [-0.1, -0.05) is 31.2 Å². The summed E-state index contributed by atoms with van der Waals surface area (Å²) in [4.78, 5) is 6.61. The van der Waals surface area contributed by atoms with Crippen LogP contribution >= 0.6 is 0 Å². The Labute approximate surface area is 213 Å². The van der Waals surface area contributed by atoms with Gasteiger partial charge < -0.3 is 25.0 Å². The van der Waals surface area contributed by atoms with Crippen molar-refractivity contribution in [3.8, 4) is 0 Å². The van der Waals surface area contributed by atoms with Gasteiger partial charge in [0.15, 0.2) is 0 Å². The Morgan fingerprint density at radius 3 is 2.64 bits per heavy atom. The van der Waals surface area contributed by atoms with Crippen molar-refractivity contribution in [3.05, 3.63) is 48.2 Å². The van der Waals surface area contributed by atoms with Gasteiger partial charge in [0.25, 0.3) is 0 Å². The summed E-state index contributed by atoms with van der Waals surface area (Å²) >= 11 is 0. The van der Waals surface area contributed by atoms with Gasteiger partial charge in [-0.05, 0) is 87.7 Å². The van der Waals surface area contributed by atoms with Gasteiger partial charge in [0.2, 0.25) is 0 Å². The molecule has 9 atom stereocenters. The van der Waals surface area contributed by atoms with Crippen LogP contribution in [0.5, 0.6) is 0 Å². The third kappa shape index (κ3) is 2.72. The maximum atomic E-state index is 12.3. The van der Waals surface area contributed by atoms with Crippen molar-refractivity contribution >= 4 is 16.5 Å². The topological polar surface area (TPSA) is 86.1 Å². The highest BCUT2D eigenvalue weighted by Crippen LogP contribution is 2.72. The summed E-state index contributed by atoms with van der Waals surface area (Å²) in [6, 6.07) is 10.4. The number of hydrogen-bond acceptors (Lipinski definition) is 6. The van der Waals surface area contributed by atoms with Gasteiger partial charge in [-0.25, -0.2) is 0 Å². The van der Waals surface area contributed by atoms with E-state index in [1.165, 1.54) is 16.5 Å². The standard InChI is InChI=1S/C30H38N2O4/c1-27-11-13-29(35)16-21-25(33)26(34)23(32(2)3)17-28(21)12-14-30(29,36-28)24(27)10-9-20(27)18-6-4-8-22-19(18)7-5-15-31-22/h4-9,15,21,23-26,33-35H,10-14,16-17H2,1-3H3. The number of aliphatic hydroxyl groups excluding tert-OH is 2. The van der Waals surface area contributed by atoms with Gasteiger partial charge in [-0.2, -0.15) is 0 Å². The van der Waals surface area contributed by atoms with E-state index in [4.69, 9.17) is 4.74 Å². The molecule has 0 amide bonds. The van der Waals surface area contributed by atoms with Crippen LogP contribution in [0.2, 0.25) is 0 Å². The van der Waals surface area contributed by atoms with Crippen LogP contribution in [-0.2, 0) is 4.74 Å². The van der Waals surface area contributed by atoms with Crippen LogP contribution in [0, 0.1) is 17.3 Å². The highest BCUT2D eigenvalue weighted by atomic mass is 16.6. The quantitative estimate of drug-likeness (QED) is 0.597. The number of likely N-dealkylation sites (N-methyl/N-ethyl adjacent to an activating group) is 1. The first kappa shape index (κ1) is 23.3. The Morgan fingerprint density at radius 1 is 1.00 bits per heavy atom. The third-order valence-electron chi connectivity index (χ3n) is 11.2. The number of benzene rings is 1. The molecule has 3 N–H and O–H groups in total. The number of fused-ring (bicyclic) bond motifs is 2. The molecule has 2 spiro atoms. The van der Waals surface area contributed by atoms with E-state index in [1.54, 1.807) is 0 Å². The minimum atomic E-state index is -0.989. The predicted molar refractivity (Wildman–Crippen MR) is 138 cm³/mol. The molecule has 9 unspecified atom stereocenters. The summed E-state index contributed by atoms with van der Waals surface area (Å²) < 4.78 is 7.24. The van der Waals surface area contributed by atoms with Crippen molar-refractivity contribution < 1.29 is 20.1 Å². The van der Waals surface area contributed by atoms with E-state index >= 15 is 0 Å². The molecule has 4 fully saturated rings. The number of hydrogen-bond donors (Lipinski definition) is 3. The maximum Gasteiger partial charge on any atom is 0.102 e. The zero-order valence-electron chi connectivity index (χ0n) is 21.5. The maximum absolute atomic E-state index is 12.3. The van der Waals surface area contributed by atoms with Crippen LogP contribution in [0.25, 0.3) is 16.5 Å². The summed E-state index contributed by atoms with van der Waals surface area (Å²) in [5, 5.41) is 35.7. The van der Waals surface area contributed by atoms with E-state index in [0.717, 1.165) is 31.2 Å². The minimum Gasteiger partial charge on any atom is -0.390 e. The molecular weight excluding hydrogens is 452 g/mol. The van der Waals surface area contributed by atoms with Gasteiger partial charge in [-0.3, -0.25) is 4.98 Å². The molecule has 36 heavy (non-hydrogen) atoms. The average molecular weight is 491 g/mol. The molecule has 1 aromatic carbocycles. The summed E-state index contributed by atoms with van der Waals surface area (Å²) in [5.74, 6) is -0.0699. The van der Waals surface area contributed by atoms with E-state index in [-0.39, 0.29) is 23.3 Å². The smallest absolute Gasteiger partial charge is 0.102 e. The molecule has 2 saturated heterocycles. The first-order valence-corrected chi connectivity index (χ1v) is 13.6. The lowest BCUT2D eigenvalue weighted by Gasteiger charge is -2.65. The number of nitrogens with zero attached hydrogens (tertiary/aromatic N) is 2. The lowest BCUT2D eigenvalue weighted by Crippen LogP contribution is -2.73. The molecule has 1 aromatic heterocycles. The predicted octanol–water partition coefficient (Wildman–Crippen LogP) is 3.53. The van der Waals surface area contributed by atoms with Crippen molar-refractivity contribution in [3.63, 3.8) is 0 Å². The number of aromatic nitrogens is 1. The fourth-order valence-electron chi connectivity index (χ4n) is 9.37. The number of pyridine rings is 1. The van der Waals surface area contributed by atoms with E-state index in [1.807, 2.05) is 31.3 Å². The molecule has 192 valence electrons. The Balaban J connectivity index is 1.30. The molecule has 2 aliphatic heterocycles. The summed E-state index contributed by atoms with van der Waals surface area (Å²) in [7, 11) is 3.93. The van der Waals surface area contributed by atoms with Crippen molar-refractivity contribution in [2.24, 2.45) is 17.3 Å². The average Bonchev–Trinajstić information content (AvgIpc) is 3.39. The SMILES string of the molecule is CN(C)C1CC23CCC4(O2)C2CC=C(c5cccc6ncccc56)C2(C)CCC4(O)CC3C(O)C1O. The van der Waals surface area contributed by atoms with Crippen molar-refractivity contribution in [1.29, 1.82) is 0 Å². The van der Waals surface area contributed by atoms with Crippen LogP contribution in [0.15, 0.2) is 42.6 Å². The zero-order chi connectivity index (χ0) is 25.1. The number of ether oxygens (including phenoxy) is 1. The van der Waals surface area contributed by atoms with E-state index < -0.39 is 29.0 Å². The zero-order valence-corrected chi connectivity index (χ0v) is 21.5. The first-order valence-electron chi connectivity index (χ1n) is 13.6. The van der Waals surface area contributed by atoms with Crippen LogP contribution in [-0.4, -0.2) is 74.4 Å². The number of rotatable bonds is 2. The Morgan fingerprint density at radius 2 is 1.83 bits per heavy atom. The van der Waals surface area contributed by atoms with Crippen molar-refractivity contribution in [2.45, 2.75) is 86.9 Å². The van der Waals surface area contributed by atoms with Gasteiger partial charge in [-0.15, -0.1) is 0 Å². The summed E-state index contributed by atoms with van der Waals surface area (Å²) in [5.41, 5.74) is 1.40. The molecule has 3 aliphatic carbocycles. The van der Waals surface area contributed by atoms with E-state index in [2.05, 4.69) is 42.2 Å². The number of allylic oxidation sites excluding steroid dienone is 2. The monoisotopic (exact) mass is 490 g/mol. The first-order chi connectivity index (χ1) is 17.1. The second-order valence-corrected chi connectivity index (χ2v) is 12.8. The number of aliphatic hydroxyl groups is 3. The molecule has 6 nitrogen and oxygen atoms in total. The molecule has 2 aromatic rings. The highest BCUT2D eigenvalue weighted by Gasteiger charge is 2.76. The molecule has 2 bridgehead atoms. The van der Waals surface area contributed by atoms with Crippen molar-refractivity contribution in [1.82, 2.24) is 9.88 Å². The minimum absolute atomic E-state index is 0.109. The molecule has 3 heterocycles. The largest absolute Gasteiger partial charge is 0.390 e. The molecule has 0 radical (unpaired) electrons. The molecule has 7 rings (SSSR count). The van der Waals surface area contributed by atoms with Crippen LogP contribution in [0.1, 0.15) is 57.4 Å². The van der Waals surface area contributed by atoms with Gasteiger partial charge in [0, 0.05) is 29.5 Å². The molecule has 6 heteroatoms.